The summed E-state index contributed by atoms with van der Waals surface area (Å²) in [4.78, 5) is 0. The first-order valence-corrected chi connectivity index (χ1v) is 9.48. The highest BCUT2D eigenvalue weighted by atomic mass is 16.5. The Morgan fingerprint density at radius 2 is 1.35 bits per heavy atom. The van der Waals surface area contributed by atoms with Gasteiger partial charge in [-0.2, -0.15) is 10.5 Å². The van der Waals surface area contributed by atoms with Gasteiger partial charge in [0.15, 0.2) is 0 Å². The molecule has 0 heterocycles. The number of hydrogen-bond donors (Lipinski definition) is 0. The van der Waals surface area contributed by atoms with Crippen molar-refractivity contribution in [2.45, 2.75) is 58.3 Å². The molecule has 0 saturated heterocycles. The van der Waals surface area contributed by atoms with Crippen LogP contribution in [0.15, 0.2) is 42.5 Å². The van der Waals surface area contributed by atoms with Crippen LogP contribution < -0.4 is 4.74 Å². The maximum atomic E-state index is 9.08. The summed E-state index contributed by atoms with van der Waals surface area (Å²) in [6.07, 6.45) is 10.3. The first kappa shape index (κ1) is 19.5. The Morgan fingerprint density at radius 3 is 2.00 bits per heavy atom. The van der Waals surface area contributed by atoms with Gasteiger partial charge in [0, 0.05) is 0 Å². The number of rotatable bonds is 10. The van der Waals surface area contributed by atoms with E-state index in [1.807, 2.05) is 24.3 Å². The van der Waals surface area contributed by atoms with Crippen LogP contribution >= 0.6 is 0 Å². The first-order valence-electron chi connectivity index (χ1n) is 9.48. The van der Waals surface area contributed by atoms with Crippen molar-refractivity contribution in [2.24, 2.45) is 0 Å². The minimum absolute atomic E-state index is 0.334. The zero-order valence-corrected chi connectivity index (χ0v) is 15.5. The van der Waals surface area contributed by atoms with Gasteiger partial charge in [0.25, 0.3) is 0 Å². The maximum absolute atomic E-state index is 9.08. The van der Waals surface area contributed by atoms with Gasteiger partial charge in [0.1, 0.15) is 23.6 Å². The Morgan fingerprint density at radius 1 is 0.731 bits per heavy atom. The number of nitrogens with zero attached hydrogens (tertiary/aromatic N) is 2. The summed E-state index contributed by atoms with van der Waals surface area (Å²) >= 11 is 0. The van der Waals surface area contributed by atoms with Gasteiger partial charge in [-0.15, -0.1) is 0 Å². The van der Waals surface area contributed by atoms with Crippen LogP contribution in [-0.2, 0) is 6.42 Å². The fourth-order valence-corrected chi connectivity index (χ4v) is 2.92. The predicted molar refractivity (Wildman–Crippen MR) is 104 cm³/mol. The first-order chi connectivity index (χ1) is 12.8. The maximum Gasteiger partial charge on any atom is 0.128 e. The molecule has 0 fully saturated rings. The Hall–Kier alpha value is -2.78. The molecule has 0 aliphatic carbocycles. The highest BCUT2D eigenvalue weighted by Crippen LogP contribution is 2.24. The average Bonchev–Trinajstić information content (AvgIpc) is 2.68. The van der Waals surface area contributed by atoms with E-state index in [1.54, 1.807) is 18.2 Å². The van der Waals surface area contributed by atoms with Crippen LogP contribution in [0.3, 0.4) is 0 Å². The molecule has 0 aliphatic heterocycles. The summed E-state index contributed by atoms with van der Waals surface area (Å²) in [5, 5.41) is 18.0. The lowest BCUT2D eigenvalue weighted by Crippen LogP contribution is -1.90. The molecule has 0 N–H and O–H groups in total. The van der Waals surface area contributed by atoms with Crippen molar-refractivity contribution in [3.8, 4) is 23.6 Å². The molecule has 3 nitrogen and oxygen atoms in total. The normalized spacial score (nSPS) is 10.1. The van der Waals surface area contributed by atoms with Crippen LogP contribution in [0.25, 0.3) is 0 Å². The molecule has 0 unspecified atom stereocenters. The fraction of sp³-hybridized carbons (Fsp3) is 0.391. The SMILES string of the molecule is CCCCCCCCCc1ccc(Oc2ccc(C#N)c(C#N)c2)cc1. The lowest BCUT2D eigenvalue weighted by molar-refractivity contribution is 0.482. The summed E-state index contributed by atoms with van der Waals surface area (Å²) in [6, 6.07) is 17.1. The Balaban J connectivity index is 1.81. The van der Waals surface area contributed by atoms with Gasteiger partial charge in [-0.25, -0.2) is 0 Å². The summed E-state index contributed by atoms with van der Waals surface area (Å²) < 4.78 is 5.80. The van der Waals surface area contributed by atoms with E-state index in [9.17, 15) is 0 Å². The zero-order valence-electron chi connectivity index (χ0n) is 15.5. The third-order valence-corrected chi connectivity index (χ3v) is 4.46. The second-order valence-electron chi connectivity index (χ2n) is 6.55. The van der Waals surface area contributed by atoms with Crippen LogP contribution in [0, 0.1) is 22.7 Å². The van der Waals surface area contributed by atoms with Gasteiger partial charge in [-0.05, 0) is 48.7 Å². The highest BCUT2D eigenvalue weighted by Gasteiger charge is 2.05. The molecule has 0 aromatic heterocycles. The van der Waals surface area contributed by atoms with Gasteiger partial charge in [-0.3, -0.25) is 0 Å². The third kappa shape index (κ3) is 6.26. The van der Waals surface area contributed by atoms with Crippen molar-refractivity contribution < 1.29 is 4.74 Å². The molecule has 2 aromatic carbocycles. The van der Waals surface area contributed by atoms with E-state index in [0.29, 0.717) is 16.9 Å². The van der Waals surface area contributed by atoms with E-state index in [0.717, 1.165) is 12.2 Å². The van der Waals surface area contributed by atoms with E-state index in [-0.39, 0.29) is 0 Å². The number of unbranched alkanes of at least 4 members (excludes halogenated alkanes) is 6. The fourth-order valence-electron chi connectivity index (χ4n) is 2.92. The smallest absolute Gasteiger partial charge is 0.128 e. The lowest BCUT2D eigenvalue weighted by atomic mass is 10.0. The van der Waals surface area contributed by atoms with Gasteiger partial charge in [0.2, 0.25) is 0 Å². The number of nitriles is 2. The van der Waals surface area contributed by atoms with Crippen LogP contribution in [0.5, 0.6) is 11.5 Å². The second kappa shape index (κ2) is 11.0. The molecule has 0 atom stereocenters. The molecular weight excluding hydrogens is 320 g/mol. The van der Waals surface area contributed by atoms with Crippen molar-refractivity contribution in [1.29, 1.82) is 10.5 Å². The van der Waals surface area contributed by atoms with Crippen molar-refractivity contribution in [3.63, 3.8) is 0 Å². The largest absolute Gasteiger partial charge is 0.457 e. The van der Waals surface area contributed by atoms with E-state index in [4.69, 9.17) is 15.3 Å². The number of hydrogen-bond acceptors (Lipinski definition) is 3. The number of ether oxygens (including phenoxy) is 1. The molecule has 2 aromatic rings. The van der Waals surface area contributed by atoms with E-state index in [2.05, 4.69) is 19.1 Å². The summed E-state index contributed by atoms with van der Waals surface area (Å²) in [6.45, 7) is 2.25. The predicted octanol–water partition coefficient (Wildman–Crippen LogP) is 6.52. The van der Waals surface area contributed by atoms with Crippen molar-refractivity contribution >= 4 is 0 Å². The van der Waals surface area contributed by atoms with Crippen molar-refractivity contribution in [3.05, 3.63) is 59.2 Å². The minimum atomic E-state index is 0.334. The van der Waals surface area contributed by atoms with E-state index < -0.39 is 0 Å². The summed E-state index contributed by atoms with van der Waals surface area (Å²) in [5.41, 5.74) is 2.02. The zero-order chi connectivity index (χ0) is 18.6. The van der Waals surface area contributed by atoms with Gasteiger partial charge in [0.05, 0.1) is 11.1 Å². The highest BCUT2D eigenvalue weighted by molar-refractivity contribution is 5.50. The molecule has 0 radical (unpaired) electrons. The monoisotopic (exact) mass is 346 g/mol. The molecule has 0 amide bonds. The average molecular weight is 346 g/mol. The molecular formula is C23H26N2O. The molecule has 3 heteroatoms. The van der Waals surface area contributed by atoms with Crippen LogP contribution in [0.2, 0.25) is 0 Å². The second-order valence-corrected chi connectivity index (χ2v) is 6.55. The Labute approximate surface area is 156 Å². The van der Waals surface area contributed by atoms with Crippen LogP contribution in [0.1, 0.15) is 68.6 Å². The Kier molecular flexibility index (Phi) is 8.24. The quantitative estimate of drug-likeness (QED) is 0.460. The van der Waals surface area contributed by atoms with Crippen LogP contribution in [0.4, 0.5) is 0 Å². The topological polar surface area (TPSA) is 56.8 Å². The number of aryl methyl sites for hydroxylation is 1. The lowest BCUT2D eigenvalue weighted by Gasteiger charge is -2.08. The van der Waals surface area contributed by atoms with E-state index in [1.165, 1.54) is 50.5 Å². The van der Waals surface area contributed by atoms with E-state index >= 15 is 0 Å². The summed E-state index contributed by atoms with van der Waals surface area (Å²) in [5.74, 6) is 1.31. The summed E-state index contributed by atoms with van der Waals surface area (Å²) in [7, 11) is 0. The Bertz CT molecular complexity index is 766. The van der Waals surface area contributed by atoms with Gasteiger partial charge >= 0.3 is 0 Å². The standard InChI is InChI=1S/C23H26N2O/c1-2-3-4-5-6-7-8-9-19-10-13-22(14-11-19)26-23-15-12-20(17-24)21(16-23)18-25/h10-16H,2-9H2,1H3. The van der Waals surface area contributed by atoms with Crippen molar-refractivity contribution in [2.75, 3.05) is 0 Å². The minimum Gasteiger partial charge on any atom is -0.457 e. The molecule has 0 spiro atoms. The molecule has 0 bridgehead atoms. The number of benzene rings is 2. The van der Waals surface area contributed by atoms with Crippen LogP contribution in [-0.4, -0.2) is 0 Å². The van der Waals surface area contributed by atoms with Gasteiger partial charge in [-0.1, -0.05) is 57.6 Å². The molecule has 134 valence electrons. The molecule has 2 rings (SSSR count). The van der Waals surface area contributed by atoms with Crippen molar-refractivity contribution in [1.82, 2.24) is 0 Å². The molecule has 0 saturated carbocycles. The van der Waals surface area contributed by atoms with Gasteiger partial charge < -0.3 is 4.74 Å². The molecule has 0 aliphatic rings. The third-order valence-electron chi connectivity index (χ3n) is 4.46. The molecule has 26 heavy (non-hydrogen) atoms.